The number of amidine groups is 1. The van der Waals surface area contributed by atoms with Crippen LogP contribution in [0.3, 0.4) is 0 Å². The van der Waals surface area contributed by atoms with Crippen LogP contribution in [-0.4, -0.2) is 37.1 Å². The summed E-state index contributed by atoms with van der Waals surface area (Å²) in [4.78, 5) is 0. The van der Waals surface area contributed by atoms with E-state index in [1.54, 1.807) is 0 Å². The van der Waals surface area contributed by atoms with Crippen molar-refractivity contribution in [1.82, 2.24) is 5.01 Å². The first kappa shape index (κ1) is 9.32. The molecule has 0 aliphatic carbocycles. The predicted molar refractivity (Wildman–Crippen MR) is 48.9 cm³/mol. The standard InChI is InChI=1S/C8H17N3O/c1-2-3-8(9)10-11-4-6-12-7-5-11/h2-7H2,1H3,(H2,9,10). The highest BCUT2D eigenvalue weighted by Gasteiger charge is 2.07. The van der Waals surface area contributed by atoms with Gasteiger partial charge in [0.1, 0.15) is 5.84 Å². The summed E-state index contributed by atoms with van der Waals surface area (Å²) in [6.07, 6.45) is 1.94. The van der Waals surface area contributed by atoms with Gasteiger partial charge in [0.05, 0.1) is 26.3 Å². The third-order valence-electron chi connectivity index (χ3n) is 1.76. The Hall–Kier alpha value is -0.770. The van der Waals surface area contributed by atoms with E-state index in [1.165, 1.54) is 0 Å². The molecule has 4 heteroatoms. The van der Waals surface area contributed by atoms with Crippen LogP contribution in [0.2, 0.25) is 0 Å². The second-order valence-corrected chi connectivity index (χ2v) is 2.91. The highest BCUT2D eigenvalue weighted by Crippen LogP contribution is 1.98. The summed E-state index contributed by atoms with van der Waals surface area (Å²) < 4.78 is 5.19. The van der Waals surface area contributed by atoms with Gasteiger partial charge in [-0.15, -0.1) is 0 Å². The molecule has 12 heavy (non-hydrogen) atoms. The summed E-state index contributed by atoms with van der Waals surface area (Å²) in [6.45, 7) is 5.36. The number of hydrazone groups is 1. The lowest BCUT2D eigenvalue weighted by Crippen LogP contribution is -2.34. The van der Waals surface area contributed by atoms with E-state index >= 15 is 0 Å². The topological polar surface area (TPSA) is 50.8 Å². The number of morpholine rings is 1. The van der Waals surface area contributed by atoms with Crippen LogP contribution in [0.1, 0.15) is 19.8 Å². The van der Waals surface area contributed by atoms with Crippen molar-refractivity contribution in [3.8, 4) is 0 Å². The van der Waals surface area contributed by atoms with E-state index in [0.29, 0.717) is 0 Å². The quantitative estimate of drug-likeness (QED) is 0.493. The molecule has 0 bridgehead atoms. The van der Waals surface area contributed by atoms with Crippen molar-refractivity contribution < 1.29 is 4.74 Å². The van der Waals surface area contributed by atoms with Gasteiger partial charge in [0.25, 0.3) is 0 Å². The average molecular weight is 171 g/mol. The molecule has 0 aromatic heterocycles. The van der Waals surface area contributed by atoms with Crippen LogP contribution in [0.15, 0.2) is 5.10 Å². The van der Waals surface area contributed by atoms with Crippen LogP contribution < -0.4 is 5.73 Å². The van der Waals surface area contributed by atoms with Gasteiger partial charge in [-0.25, -0.2) is 0 Å². The van der Waals surface area contributed by atoms with Gasteiger partial charge in [0, 0.05) is 6.42 Å². The largest absolute Gasteiger partial charge is 0.386 e. The number of nitrogens with two attached hydrogens (primary N) is 1. The SMILES string of the molecule is CCC/C(N)=N/N1CCOCC1. The molecule has 1 saturated heterocycles. The van der Waals surface area contributed by atoms with E-state index in [-0.39, 0.29) is 0 Å². The number of hydrogen-bond acceptors (Lipinski definition) is 3. The van der Waals surface area contributed by atoms with Crippen molar-refractivity contribution in [1.29, 1.82) is 0 Å². The monoisotopic (exact) mass is 171 g/mol. The fraction of sp³-hybridized carbons (Fsp3) is 0.875. The third-order valence-corrected chi connectivity index (χ3v) is 1.76. The van der Waals surface area contributed by atoms with Crippen LogP contribution in [0.5, 0.6) is 0 Å². The summed E-state index contributed by atoms with van der Waals surface area (Å²) in [7, 11) is 0. The second kappa shape index (κ2) is 4.98. The molecule has 0 atom stereocenters. The van der Waals surface area contributed by atoms with Crippen molar-refractivity contribution >= 4 is 5.84 Å². The molecule has 4 nitrogen and oxygen atoms in total. The molecule has 1 fully saturated rings. The van der Waals surface area contributed by atoms with Gasteiger partial charge in [0.15, 0.2) is 0 Å². The van der Waals surface area contributed by atoms with Gasteiger partial charge in [-0.3, -0.25) is 5.01 Å². The number of ether oxygens (including phenoxy) is 1. The van der Waals surface area contributed by atoms with E-state index in [9.17, 15) is 0 Å². The molecule has 1 aliphatic heterocycles. The molecule has 0 unspecified atom stereocenters. The molecule has 1 aliphatic rings. The minimum Gasteiger partial charge on any atom is -0.386 e. The van der Waals surface area contributed by atoms with Gasteiger partial charge in [-0.05, 0) is 6.42 Å². The maximum Gasteiger partial charge on any atom is 0.119 e. The van der Waals surface area contributed by atoms with Crippen molar-refractivity contribution in [2.75, 3.05) is 26.3 Å². The van der Waals surface area contributed by atoms with Gasteiger partial charge in [-0.2, -0.15) is 5.10 Å². The summed E-state index contributed by atoms with van der Waals surface area (Å²) in [5.74, 6) is 0.736. The van der Waals surface area contributed by atoms with Gasteiger partial charge in [0.2, 0.25) is 0 Å². The smallest absolute Gasteiger partial charge is 0.119 e. The van der Waals surface area contributed by atoms with Crippen LogP contribution in [0.4, 0.5) is 0 Å². The first-order valence-corrected chi connectivity index (χ1v) is 4.48. The average Bonchev–Trinajstić information content (AvgIpc) is 2.06. The maximum absolute atomic E-state index is 5.68. The molecule has 0 saturated carbocycles. The van der Waals surface area contributed by atoms with E-state index in [2.05, 4.69) is 12.0 Å². The molecule has 0 aromatic rings. The Balaban J connectivity index is 2.31. The zero-order valence-electron chi connectivity index (χ0n) is 7.62. The van der Waals surface area contributed by atoms with E-state index in [4.69, 9.17) is 10.5 Å². The summed E-state index contributed by atoms with van der Waals surface area (Å²) >= 11 is 0. The van der Waals surface area contributed by atoms with Crippen molar-refractivity contribution in [3.63, 3.8) is 0 Å². The van der Waals surface area contributed by atoms with Crippen LogP contribution >= 0.6 is 0 Å². The predicted octanol–water partition coefficient (Wildman–Crippen LogP) is 0.391. The maximum atomic E-state index is 5.68. The fourth-order valence-electron chi connectivity index (χ4n) is 1.14. The molecule has 1 rings (SSSR count). The van der Waals surface area contributed by atoms with Gasteiger partial charge < -0.3 is 10.5 Å². The molecule has 0 radical (unpaired) electrons. The Bertz CT molecular complexity index is 152. The minimum atomic E-state index is 0.736. The highest BCUT2D eigenvalue weighted by molar-refractivity contribution is 5.79. The van der Waals surface area contributed by atoms with Crippen LogP contribution in [0, 0.1) is 0 Å². The Morgan fingerprint density at radius 2 is 2.17 bits per heavy atom. The Morgan fingerprint density at radius 1 is 1.50 bits per heavy atom. The van der Waals surface area contributed by atoms with Crippen molar-refractivity contribution in [3.05, 3.63) is 0 Å². The number of rotatable bonds is 3. The first-order chi connectivity index (χ1) is 5.83. The minimum absolute atomic E-state index is 0.736. The normalized spacial score (nSPS) is 19.8. The molecule has 0 amide bonds. The Kier molecular flexibility index (Phi) is 3.87. The fourth-order valence-corrected chi connectivity index (χ4v) is 1.14. The molecule has 70 valence electrons. The molecule has 0 spiro atoms. The van der Waals surface area contributed by atoms with Crippen LogP contribution in [-0.2, 0) is 4.74 Å². The first-order valence-electron chi connectivity index (χ1n) is 4.48. The lowest BCUT2D eigenvalue weighted by Gasteiger charge is -2.24. The molecular formula is C8H17N3O. The van der Waals surface area contributed by atoms with E-state index in [0.717, 1.165) is 45.0 Å². The summed E-state index contributed by atoms with van der Waals surface area (Å²) in [5.41, 5.74) is 5.68. The van der Waals surface area contributed by atoms with Crippen LogP contribution in [0.25, 0.3) is 0 Å². The van der Waals surface area contributed by atoms with Gasteiger partial charge in [-0.1, -0.05) is 6.92 Å². The summed E-state index contributed by atoms with van der Waals surface area (Å²) in [6, 6.07) is 0. The molecule has 1 heterocycles. The molecular weight excluding hydrogens is 154 g/mol. The van der Waals surface area contributed by atoms with Gasteiger partial charge >= 0.3 is 0 Å². The second-order valence-electron chi connectivity index (χ2n) is 2.91. The molecule has 0 aromatic carbocycles. The third kappa shape index (κ3) is 3.09. The highest BCUT2D eigenvalue weighted by atomic mass is 16.5. The van der Waals surface area contributed by atoms with E-state index < -0.39 is 0 Å². The van der Waals surface area contributed by atoms with Crippen molar-refractivity contribution in [2.24, 2.45) is 10.8 Å². The lowest BCUT2D eigenvalue weighted by atomic mass is 10.3. The summed E-state index contributed by atoms with van der Waals surface area (Å²) in [5, 5.41) is 6.25. The Morgan fingerprint density at radius 3 is 2.75 bits per heavy atom. The van der Waals surface area contributed by atoms with E-state index in [1.807, 2.05) is 5.01 Å². The Labute approximate surface area is 73.4 Å². The molecule has 2 N–H and O–H groups in total. The zero-order chi connectivity index (χ0) is 8.81. The lowest BCUT2D eigenvalue weighted by molar-refractivity contribution is 0.0391. The number of hydrogen-bond donors (Lipinski definition) is 1. The van der Waals surface area contributed by atoms with Crippen molar-refractivity contribution in [2.45, 2.75) is 19.8 Å². The zero-order valence-corrected chi connectivity index (χ0v) is 7.62. The number of nitrogens with zero attached hydrogens (tertiary/aromatic N) is 2.